The van der Waals surface area contributed by atoms with Gasteiger partial charge in [-0.25, -0.2) is 9.69 Å². The highest BCUT2D eigenvalue weighted by molar-refractivity contribution is 7.17. The Morgan fingerprint density at radius 3 is 2.89 bits per heavy atom. The van der Waals surface area contributed by atoms with Crippen molar-refractivity contribution in [1.82, 2.24) is 20.2 Å². The lowest BCUT2D eigenvalue weighted by Crippen LogP contribution is -2.47. The summed E-state index contributed by atoms with van der Waals surface area (Å²) in [6.07, 6.45) is 3.95. The molecule has 1 fully saturated rings. The molecule has 0 radical (unpaired) electrons. The molecule has 5 rings (SSSR count). The van der Waals surface area contributed by atoms with Crippen LogP contribution in [0.5, 0.6) is 0 Å². The predicted molar refractivity (Wildman–Crippen MR) is 140 cm³/mol. The number of methoxy groups -OCH3 is 1. The lowest BCUT2D eigenvalue weighted by atomic mass is 10.0. The van der Waals surface area contributed by atoms with Crippen molar-refractivity contribution in [3.8, 4) is 5.69 Å². The summed E-state index contributed by atoms with van der Waals surface area (Å²) in [5.74, 6) is -0.294. The molecule has 4 heterocycles. The number of ether oxygens (including phenoxy) is 2. The lowest BCUT2D eigenvalue weighted by Gasteiger charge is -2.24. The van der Waals surface area contributed by atoms with Crippen LogP contribution in [0.1, 0.15) is 39.5 Å². The molecule has 35 heavy (non-hydrogen) atoms. The van der Waals surface area contributed by atoms with Crippen LogP contribution in [-0.4, -0.2) is 53.6 Å². The Kier molecular flexibility index (Phi) is 7.50. The third-order valence-electron chi connectivity index (χ3n) is 6.04. The number of hydrogen-bond donors (Lipinski definition) is 1. The summed E-state index contributed by atoms with van der Waals surface area (Å²) in [6.45, 7) is 1.93. The predicted octanol–water partition coefficient (Wildman–Crippen LogP) is 5.72. The quantitative estimate of drug-likeness (QED) is 0.423. The van der Waals surface area contributed by atoms with Crippen molar-refractivity contribution in [2.75, 3.05) is 26.9 Å². The van der Waals surface area contributed by atoms with Crippen molar-refractivity contribution in [3.63, 3.8) is 0 Å². The number of carbonyl (C=O) groups is 1. The van der Waals surface area contributed by atoms with Gasteiger partial charge in [0.1, 0.15) is 0 Å². The summed E-state index contributed by atoms with van der Waals surface area (Å²) < 4.78 is 13.6. The number of hydrogen-bond acceptors (Lipinski definition) is 6. The number of benzene rings is 1. The lowest BCUT2D eigenvalue weighted by molar-refractivity contribution is 0.0602. The van der Waals surface area contributed by atoms with E-state index in [0.717, 1.165) is 35.5 Å². The van der Waals surface area contributed by atoms with Gasteiger partial charge in [0.05, 0.1) is 46.6 Å². The molecule has 2 aromatic heterocycles. The first-order valence-corrected chi connectivity index (χ1v) is 13.1. The van der Waals surface area contributed by atoms with Gasteiger partial charge in [-0.05, 0) is 49.2 Å². The number of halogens is 3. The smallest absolute Gasteiger partial charge is 0.286 e. The summed E-state index contributed by atoms with van der Waals surface area (Å²) in [7, 11) is 1.66. The highest BCUT2D eigenvalue weighted by atomic mass is 35.5. The topological polar surface area (TPSA) is 68.6 Å². The summed E-state index contributed by atoms with van der Waals surface area (Å²) >= 11 is 20.3. The molecule has 7 nitrogen and oxygen atoms in total. The van der Waals surface area contributed by atoms with Crippen molar-refractivity contribution < 1.29 is 14.3 Å². The number of carbonyl (C=O) groups excluding carboxylic acids is 1. The fourth-order valence-corrected chi connectivity index (χ4v) is 5.99. The van der Waals surface area contributed by atoms with Gasteiger partial charge in [-0.15, -0.1) is 11.3 Å². The monoisotopic (exact) mass is 552 g/mol. The molecule has 1 atom stereocenters. The minimum Gasteiger partial charge on any atom is -0.383 e. The largest absolute Gasteiger partial charge is 0.383 e. The minimum atomic E-state index is -0.294. The van der Waals surface area contributed by atoms with E-state index in [1.807, 2.05) is 23.2 Å². The fraction of sp³-hybridized carbons (Fsp3) is 0.333. The van der Waals surface area contributed by atoms with E-state index in [4.69, 9.17) is 49.4 Å². The van der Waals surface area contributed by atoms with Crippen molar-refractivity contribution in [2.24, 2.45) is 0 Å². The molecule has 1 amide bonds. The highest BCUT2D eigenvalue weighted by Gasteiger charge is 2.32. The van der Waals surface area contributed by atoms with Gasteiger partial charge in [0.2, 0.25) is 0 Å². The van der Waals surface area contributed by atoms with Gasteiger partial charge < -0.3 is 9.47 Å². The van der Waals surface area contributed by atoms with Gasteiger partial charge in [-0.3, -0.25) is 10.2 Å². The molecule has 0 saturated carbocycles. The van der Waals surface area contributed by atoms with E-state index in [1.54, 1.807) is 30.0 Å². The van der Waals surface area contributed by atoms with Gasteiger partial charge in [0.15, 0.2) is 5.69 Å². The normalized spacial score (nSPS) is 19.3. The van der Waals surface area contributed by atoms with Gasteiger partial charge in [-0.1, -0.05) is 34.8 Å². The standard InChI is InChI=1S/C24H23Cl3N4O3S/c1-33-12-16-3-2-8-30(16)29-24(32)22-18-13-34-11-14(9-17-5-7-21(27)35-17)23(18)31(28-22)20-6-4-15(25)10-19(20)26/h4-7,9-10,16H,2-3,8,11-13H2,1H3,(H,29,32)/b14-9+/t16-/m0/s1. The molecule has 2 aliphatic rings. The number of rotatable bonds is 6. The second-order valence-electron chi connectivity index (χ2n) is 8.37. The number of nitrogens with one attached hydrogen (secondary N) is 1. The molecular weight excluding hydrogens is 531 g/mol. The molecule has 1 N–H and O–H groups in total. The van der Waals surface area contributed by atoms with E-state index in [9.17, 15) is 4.79 Å². The first-order valence-electron chi connectivity index (χ1n) is 11.1. The molecule has 0 spiro atoms. The SMILES string of the molecule is COC[C@@H]1CCCN1NC(=O)c1nn(-c2ccc(Cl)cc2Cl)c2c1COC/C2=C\c1ccc(Cl)s1. The van der Waals surface area contributed by atoms with Gasteiger partial charge >= 0.3 is 0 Å². The van der Waals surface area contributed by atoms with E-state index in [2.05, 4.69) is 5.43 Å². The number of fused-ring (bicyclic) bond motifs is 1. The van der Waals surface area contributed by atoms with Crippen LogP contribution in [0.2, 0.25) is 14.4 Å². The van der Waals surface area contributed by atoms with Crippen molar-refractivity contribution >= 4 is 63.7 Å². The fourth-order valence-electron chi connectivity index (χ4n) is 4.48. The molecule has 1 saturated heterocycles. The molecule has 0 aliphatic carbocycles. The van der Waals surface area contributed by atoms with E-state index in [0.29, 0.717) is 44.5 Å². The maximum absolute atomic E-state index is 13.5. The Balaban J connectivity index is 1.59. The number of hydrazine groups is 1. The zero-order chi connectivity index (χ0) is 24.5. The Hall–Kier alpha value is -1.91. The summed E-state index contributed by atoms with van der Waals surface area (Å²) in [4.78, 5) is 14.4. The summed E-state index contributed by atoms with van der Waals surface area (Å²) in [6, 6.07) is 9.13. The Morgan fingerprint density at radius 1 is 1.29 bits per heavy atom. The second kappa shape index (κ2) is 10.6. The van der Waals surface area contributed by atoms with Gasteiger partial charge in [-0.2, -0.15) is 5.10 Å². The third-order valence-corrected chi connectivity index (χ3v) is 7.75. The third kappa shape index (κ3) is 5.15. The first-order chi connectivity index (χ1) is 16.9. The Morgan fingerprint density at radius 2 is 2.14 bits per heavy atom. The second-order valence-corrected chi connectivity index (χ2v) is 11.0. The number of thiophene rings is 1. The number of amides is 1. The zero-order valence-corrected chi connectivity index (χ0v) is 22.0. The Labute approximate surface area is 222 Å². The van der Waals surface area contributed by atoms with Crippen LogP contribution < -0.4 is 5.43 Å². The highest BCUT2D eigenvalue weighted by Crippen LogP contribution is 2.36. The average molecular weight is 554 g/mol. The van der Waals surface area contributed by atoms with Crippen molar-refractivity contribution in [3.05, 3.63) is 66.5 Å². The van der Waals surface area contributed by atoms with Crippen LogP contribution in [0, 0.1) is 0 Å². The molecule has 184 valence electrons. The van der Waals surface area contributed by atoms with Crippen LogP contribution >= 0.6 is 46.1 Å². The van der Waals surface area contributed by atoms with E-state index in [-0.39, 0.29) is 18.6 Å². The van der Waals surface area contributed by atoms with Crippen LogP contribution in [-0.2, 0) is 16.1 Å². The van der Waals surface area contributed by atoms with Crippen LogP contribution in [0.3, 0.4) is 0 Å². The first kappa shape index (κ1) is 24.8. The maximum atomic E-state index is 13.5. The van der Waals surface area contributed by atoms with E-state index in [1.165, 1.54) is 11.3 Å². The van der Waals surface area contributed by atoms with E-state index >= 15 is 0 Å². The summed E-state index contributed by atoms with van der Waals surface area (Å²) in [5, 5.41) is 7.62. The number of aromatic nitrogens is 2. The van der Waals surface area contributed by atoms with Gasteiger partial charge in [0, 0.05) is 34.7 Å². The molecule has 2 aliphatic heterocycles. The van der Waals surface area contributed by atoms with Gasteiger partial charge in [0.25, 0.3) is 5.91 Å². The Bertz CT molecular complexity index is 1290. The maximum Gasteiger partial charge on any atom is 0.286 e. The number of nitrogens with zero attached hydrogens (tertiary/aromatic N) is 3. The summed E-state index contributed by atoms with van der Waals surface area (Å²) in [5.41, 5.74) is 6.32. The molecule has 0 unspecified atom stereocenters. The molecule has 3 aromatic rings. The molecular formula is C24H23Cl3N4O3S. The van der Waals surface area contributed by atoms with Crippen LogP contribution in [0.25, 0.3) is 17.3 Å². The molecule has 11 heteroatoms. The van der Waals surface area contributed by atoms with Crippen LogP contribution in [0.15, 0.2) is 30.3 Å². The molecule has 1 aromatic carbocycles. The zero-order valence-electron chi connectivity index (χ0n) is 18.9. The molecule has 0 bridgehead atoms. The van der Waals surface area contributed by atoms with Crippen molar-refractivity contribution in [1.29, 1.82) is 0 Å². The van der Waals surface area contributed by atoms with E-state index < -0.39 is 0 Å². The minimum absolute atomic E-state index is 0.128. The van der Waals surface area contributed by atoms with Crippen molar-refractivity contribution in [2.45, 2.75) is 25.5 Å². The van der Waals surface area contributed by atoms with Crippen LogP contribution in [0.4, 0.5) is 0 Å². The average Bonchev–Trinajstić information content (AvgIpc) is 3.54.